The summed E-state index contributed by atoms with van der Waals surface area (Å²) >= 11 is 0. The van der Waals surface area contributed by atoms with Crippen LogP contribution in [0.15, 0.2) is 97.1 Å². The third kappa shape index (κ3) is 3.80. The van der Waals surface area contributed by atoms with Gasteiger partial charge in [0.2, 0.25) is 0 Å². The van der Waals surface area contributed by atoms with Gasteiger partial charge in [-0.1, -0.05) is 94.4 Å². The maximum absolute atomic E-state index is 3.66. The summed E-state index contributed by atoms with van der Waals surface area (Å²) in [5.41, 5.74) is 8.24. The Morgan fingerprint density at radius 3 is 1.89 bits per heavy atom. The fourth-order valence-corrected chi connectivity index (χ4v) is 5.86. The average molecular weight is 456 g/mol. The number of nitrogens with one attached hydrogen (secondary N) is 1. The Kier molecular flexibility index (Phi) is 5.00. The summed E-state index contributed by atoms with van der Waals surface area (Å²) in [6.07, 6.45) is 2.47. The topological polar surface area (TPSA) is 12.0 Å². The zero-order chi connectivity index (χ0) is 24.2. The molecule has 1 aliphatic rings. The fraction of sp³-hybridized carbons (Fsp3) is 0.235. The van der Waals surface area contributed by atoms with E-state index in [-0.39, 0.29) is 10.8 Å². The molecule has 1 nitrogen and oxygen atoms in total. The summed E-state index contributed by atoms with van der Waals surface area (Å²) in [5.74, 6) is 0. The molecule has 0 heterocycles. The van der Waals surface area contributed by atoms with E-state index in [0.29, 0.717) is 0 Å². The van der Waals surface area contributed by atoms with Gasteiger partial charge in [-0.2, -0.15) is 0 Å². The molecule has 0 radical (unpaired) electrons. The summed E-state index contributed by atoms with van der Waals surface area (Å²) in [5, 5.41) is 8.86. The van der Waals surface area contributed by atoms with Crippen LogP contribution in [0.1, 0.15) is 51.7 Å². The van der Waals surface area contributed by atoms with Gasteiger partial charge < -0.3 is 5.32 Å². The fourth-order valence-electron chi connectivity index (χ4n) is 5.86. The molecule has 6 rings (SSSR count). The van der Waals surface area contributed by atoms with Crippen LogP contribution >= 0.6 is 0 Å². The lowest BCUT2D eigenvalue weighted by Crippen LogP contribution is -2.33. The minimum absolute atomic E-state index is 0.212. The summed E-state index contributed by atoms with van der Waals surface area (Å²) < 4.78 is 0. The van der Waals surface area contributed by atoms with Crippen LogP contribution in [0.4, 0.5) is 11.4 Å². The molecule has 0 bridgehead atoms. The molecule has 0 atom stereocenters. The quantitative estimate of drug-likeness (QED) is 0.267. The van der Waals surface area contributed by atoms with Crippen LogP contribution in [0.2, 0.25) is 0 Å². The third-order valence-corrected chi connectivity index (χ3v) is 8.11. The summed E-state index contributed by atoms with van der Waals surface area (Å²) in [4.78, 5) is 0. The van der Waals surface area contributed by atoms with E-state index in [2.05, 4.69) is 130 Å². The molecule has 5 aromatic carbocycles. The predicted octanol–water partition coefficient (Wildman–Crippen LogP) is 9.75. The second-order valence-electron chi connectivity index (χ2n) is 11.4. The first kappa shape index (κ1) is 21.9. The molecular formula is C34H33N. The number of benzene rings is 5. The maximum Gasteiger partial charge on any atom is 0.0387 e. The van der Waals surface area contributed by atoms with Crippen LogP contribution in [0.25, 0.3) is 32.7 Å². The standard InChI is InChI=1S/C34H33N/c1-33(2)19-20-34(3,4)32-22-26(17-18-31(32)33)35-25-15-13-23(14-16-25)30-21-24-9-5-6-10-27(24)28-11-7-8-12-29(28)30/h5-18,21-22,35H,19-20H2,1-4H3. The molecule has 0 amide bonds. The Morgan fingerprint density at radius 1 is 0.543 bits per heavy atom. The zero-order valence-electron chi connectivity index (χ0n) is 21.2. The van der Waals surface area contributed by atoms with E-state index in [0.717, 1.165) is 5.69 Å². The van der Waals surface area contributed by atoms with Crippen LogP contribution in [-0.4, -0.2) is 0 Å². The Balaban J connectivity index is 1.35. The lowest BCUT2D eigenvalue weighted by Gasteiger charge is -2.42. The van der Waals surface area contributed by atoms with Gasteiger partial charge in [0.15, 0.2) is 0 Å². The lowest BCUT2D eigenvalue weighted by atomic mass is 9.63. The van der Waals surface area contributed by atoms with Crippen molar-refractivity contribution in [3.8, 4) is 11.1 Å². The van der Waals surface area contributed by atoms with Gasteiger partial charge in [-0.25, -0.2) is 0 Å². The van der Waals surface area contributed by atoms with E-state index in [4.69, 9.17) is 0 Å². The Hall–Kier alpha value is -3.58. The summed E-state index contributed by atoms with van der Waals surface area (Å²) in [6, 6.07) is 35.6. The van der Waals surface area contributed by atoms with Gasteiger partial charge in [0.25, 0.3) is 0 Å². The van der Waals surface area contributed by atoms with Crippen molar-refractivity contribution < 1.29 is 0 Å². The molecule has 0 unspecified atom stereocenters. The molecule has 1 N–H and O–H groups in total. The van der Waals surface area contributed by atoms with E-state index in [9.17, 15) is 0 Å². The number of hydrogen-bond acceptors (Lipinski definition) is 1. The van der Waals surface area contributed by atoms with Crippen molar-refractivity contribution in [2.24, 2.45) is 0 Å². The predicted molar refractivity (Wildman–Crippen MR) is 152 cm³/mol. The number of fused-ring (bicyclic) bond motifs is 4. The Bertz CT molecular complexity index is 1550. The molecular weight excluding hydrogens is 422 g/mol. The molecule has 1 heteroatoms. The highest BCUT2D eigenvalue weighted by Crippen LogP contribution is 2.46. The third-order valence-electron chi connectivity index (χ3n) is 8.11. The monoisotopic (exact) mass is 455 g/mol. The molecule has 174 valence electrons. The van der Waals surface area contributed by atoms with Crippen LogP contribution in [0.3, 0.4) is 0 Å². The van der Waals surface area contributed by atoms with E-state index < -0.39 is 0 Å². The minimum Gasteiger partial charge on any atom is -0.356 e. The Labute approximate surface area is 208 Å². The lowest BCUT2D eigenvalue weighted by molar-refractivity contribution is 0.332. The second-order valence-corrected chi connectivity index (χ2v) is 11.4. The van der Waals surface area contributed by atoms with Gasteiger partial charge >= 0.3 is 0 Å². The van der Waals surface area contributed by atoms with E-state index in [1.165, 1.54) is 62.3 Å². The van der Waals surface area contributed by atoms with Crippen LogP contribution in [-0.2, 0) is 10.8 Å². The Morgan fingerprint density at radius 2 is 1.14 bits per heavy atom. The molecule has 0 saturated carbocycles. The first-order valence-electron chi connectivity index (χ1n) is 12.7. The van der Waals surface area contributed by atoms with Crippen molar-refractivity contribution in [3.05, 3.63) is 108 Å². The van der Waals surface area contributed by atoms with Gasteiger partial charge in [0.1, 0.15) is 0 Å². The van der Waals surface area contributed by atoms with E-state index >= 15 is 0 Å². The highest BCUT2D eigenvalue weighted by molar-refractivity contribution is 6.13. The summed E-state index contributed by atoms with van der Waals surface area (Å²) in [6.45, 7) is 9.52. The van der Waals surface area contributed by atoms with Gasteiger partial charge in [0, 0.05) is 11.4 Å². The first-order valence-corrected chi connectivity index (χ1v) is 12.7. The van der Waals surface area contributed by atoms with Gasteiger partial charge in [0.05, 0.1) is 0 Å². The molecule has 5 aromatic rings. The highest BCUT2D eigenvalue weighted by Gasteiger charge is 2.36. The van der Waals surface area contributed by atoms with Crippen LogP contribution < -0.4 is 5.32 Å². The van der Waals surface area contributed by atoms with E-state index in [1.54, 1.807) is 0 Å². The molecule has 0 aliphatic heterocycles. The van der Waals surface area contributed by atoms with E-state index in [1.807, 2.05) is 0 Å². The molecule has 0 fully saturated rings. The molecule has 0 spiro atoms. The summed E-state index contributed by atoms with van der Waals surface area (Å²) in [7, 11) is 0. The zero-order valence-corrected chi connectivity index (χ0v) is 21.2. The van der Waals surface area contributed by atoms with Crippen LogP contribution in [0.5, 0.6) is 0 Å². The highest BCUT2D eigenvalue weighted by atomic mass is 14.9. The van der Waals surface area contributed by atoms with Crippen molar-refractivity contribution in [3.63, 3.8) is 0 Å². The van der Waals surface area contributed by atoms with Gasteiger partial charge in [-0.05, 0) is 97.8 Å². The van der Waals surface area contributed by atoms with Gasteiger partial charge in [-0.3, -0.25) is 0 Å². The average Bonchev–Trinajstić information content (AvgIpc) is 2.87. The minimum atomic E-state index is 0.212. The van der Waals surface area contributed by atoms with Crippen molar-refractivity contribution in [2.75, 3.05) is 5.32 Å². The molecule has 1 aliphatic carbocycles. The molecule has 0 saturated heterocycles. The molecule has 0 aromatic heterocycles. The van der Waals surface area contributed by atoms with Crippen molar-refractivity contribution in [2.45, 2.75) is 51.4 Å². The number of hydrogen-bond donors (Lipinski definition) is 1. The van der Waals surface area contributed by atoms with Crippen molar-refractivity contribution in [1.29, 1.82) is 0 Å². The smallest absolute Gasteiger partial charge is 0.0387 e. The largest absolute Gasteiger partial charge is 0.356 e. The van der Waals surface area contributed by atoms with Crippen molar-refractivity contribution in [1.82, 2.24) is 0 Å². The van der Waals surface area contributed by atoms with Gasteiger partial charge in [-0.15, -0.1) is 0 Å². The normalized spacial score (nSPS) is 16.2. The van der Waals surface area contributed by atoms with Crippen molar-refractivity contribution >= 4 is 32.9 Å². The van der Waals surface area contributed by atoms with Crippen LogP contribution in [0, 0.1) is 0 Å². The number of anilines is 2. The second kappa shape index (κ2) is 7.99. The maximum atomic E-state index is 3.66. The molecule has 35 heavy (non-hydrogen) atoms. The number of rotatable bonds is 3. The first-order chi connectivity index (χ1) is 16.8. The SMILES string of the molecule is CC1(C)CCC(C)(C)c2cc(Nc3ccc(-c4cc5ccccc5c5ccccc45)cc3)ccc21.